The Labute approximate surface area is 128 Å². The van der Waals surface area contributed by atoms with Crippen LogP contribution in [-0.2, 0) is 6.54 Å². The van der Waals surface area contributed by atoms with E-state index in [-0.39, 0.29) is 0 Å². The van der Waals surface area contributed by atoms with Gasteiger partial charge >= 0.3 is 0 Å². The molecule has 0 heterocycles. The Morgan fingerprint density at radius 3 is 1.81 bits per heavy atom. The summed E-state index contributed by atoms with van der Waals surface area (Å²) in [6.45, 7) is 10.4. The third-order valence-corrected chi connectivity index (χ3v) is 5.59. The maximum atomic E-state index is 3.71. The lowest BCUT2D eigenvalue weighted by atomic mass is 10.0. The average molecular weight is 279 g/mol. The lowest BCUT2D eigenvalue weighted by molar-refractivity contribution is 0.457. The van der Waals surface area contributed by atoms with Gasteiger partial charge in [0.05, 0.1) is 0 Å². The molecular formula is C20H25N. The molecule has 0 radical (unpaired) electrons. The summed E-state index contributed by atoms with van der Waals surface area (Å²) in [6, 6.07) is 20.1. The Kier molecular flexibility index (Phi) is 3.41. The minimum absolute atomic E-state index is 0.400. The number of benzene rings is 2. The van der Waals surface area contributed by atoms with E-state index in [4.69, 9.17) is 0 Å². The molecule has 21 heavy (non-hydrogen) atoms. The second-order valence-corrected chi connectivity index (χ2v) is 7.32. The van der Waals surface area contributed by atoms with Crippen molar-refractivity contribution >= 4 is 0 Å². The smallest absolute Gasteiger partial charge is 0.0208 e. The van der Waals surface area contributed by atoms with Crippen molar-refractivity contribution < 1.29 is 0 Å². The highest BCUT2D eigenvalue weighted by Crippen LogP contribution is 2.62. The highest BCUT2D eigenvalue weighted by molar-refractivity contribution is 5.63. The molecule has 1 saturated carbocycles. The van der Waals surface area contributed by atoms with E-state index in [2.05, 4.69) is 87.6 Å². The van der Waals surface area contributed by atoms with Crippen molar-refractivity contribution in [2.24, 2.45) is 10.8 Å². The summed E-state index contributed by atoms with van der Waals surface area (Å²) >= 11 is 0. The number of hydrogen-bond donors (Lipinski definition) is 1. The van der Waals surface area contributed by atoms with E-state index in [0.717, 1.165) is 6.54 Å². The molecule has 0 amide bonds. The van der Waals surface area contributed by atoms with Gasteiger partial charge in [0.25, 0.3) is 0 Å². The fraction of sp³-hybridized carbons (Fsp3) is 0.400. The third-order valence-electron chi connectivity index (χ3n) is 5.59. The normalized spacial score (nSPS) is 19.4. The summed E-state index contributed by atoms with van der Waals surface area (Å²) in [5.74, 6) is 0. The van der Waals surface area contributed by atoms with Crippen LogP contribution in [0.5, 0.6) is 0 Å². The summed E-state index contributed by atoms with van der Waals surface area (Å²) in [5, 5.41) is 3.71. The summed E-state index contributed by atoms with van der Waals surface area (Å²) in [4.78, 5) is 0. The molecule has 0 atom stereocenters. The predicted octanol–water partition coefficient (Wildman–Crippen LogP) is 4.88. The van der Waals surface area contributed by atoms with Crippen LogP contribution in [0.3, 0.4) is 0 Å². The number of rotatable bonds is 4. The van der Waals surface area contributed by atoms with Crippen LogP contribution >= 0.6 is 0 Å². The minimum Gasteiger partial charge on any atom is -0.309 e. The van der Waals surface area contributed by atoms with Crippen molar-refractivity contribution in [3.05, 3.63) is 60.2 Å². The Bertz CT molecular complexity index is 594. The van der Waals surface area contributed by atoms with Crippen LogP contribution in [0.2, 0.25) is 0 Å². The van der Waals surface area contributed by atoms with Crippen LogP contribution < -0.4 is 5.32 Å². The van der Waals surface area contributed by atoms with Gasteiger partial charge in [-0.2, -0.15) is 0 Å². The Hall–Kier alpha value is -1.60. The Morgan fingerprint density at radius 1 is 0.762 bits per heavy atom. The summed E-state index contributed by atoms with van der Waals surface area (Å²) < 4.78 is 0. The second-order valence-electron chi connectivity index (χ2n) is 7.32. The highest BCUT2D eigenvalue weighted by atomic mass is 15.0. The minimum atomic E-state index is 0.400. The van der Waals surface area contributed by atoms with Gasteiger partial charge in [0.15, 0.2) is 0 Å². The standard InChI is InChI=1S/C20H25N/c1-19(2)18(20(19,3)4)21-14-15-10-12-17(13-11-15)16-8-6-5-7-9-16/h5-13,18,21H,14H2,1-4H3. The molecule has 0 bridgehead atoms. The Morgan fingerprint density at radius 2 is 1.29 bits per heavy atom. The zero-order valence-electron chi connectivity index (χ0n) is 13.5. The van der Waals surface area contributed by atoms with Crippen LogP contribution in [0.25, 0.3) is 11.1 Å². The maximum absolute atomic E-state index is 3.71. The third kappa shape index (κ3) is 2.51. The van der Waals surface area contributed by atoms with Gasteiger partial charge in [0.1, 0.15) is 0 Å². The van der Waals surface area contributed by atoms with Gasteiger partial charge in [-0.25, -0.2) is 0 Å². The van der Waals surface area contributed by atoms with E-state index >= 15 is 0 Å². The molecule has 110 valence electrons. The van der Waals surface area contributed by atoms with Gasteiger partial charge in [-0.15, -0.1) is 0 Å². The molecule has 2 aromatic carbocycles. The second kappa shape index (κ2) is 4.99. The molecule has 1 aliphatic rings. The molecule has 1 nitrogen and oxygen atoms in total. The van der Waals surface area contributed by atoms with E-state index in [9.17, 15) is 0 Å². The predicted molar refractivity (Wildman–Crippen MR) is 90.1 cm³/mol. The first-order valence-electron chi connectivity index (χ1n) is 7.81. The number of hydrogen-bond acceptors (Lipinski definition) is 1. The SMILES string of the molecule is CC1(C)C(NCc2ccc(-c3ccccc3)cc2)C1(C)C. The van der Waals surface area contributed by atoms with Gasteiger partial charge in [-0.1, -0.05) is 82.3 Å². The fourth-order valence-electron chi connectivity index (χ4n) is 3.37. The molecule has 1 fully saturated rings. The van der Waals surface area contributed by atoms with Gasteiger partial charge in [-0.05, 0) is 27.5 Å². The summed E-state index contributed by atoms with van der Waals surface area (Å²) in [6.07, 6.45) is 0. The van der Waals surface area contributed by atoms with Crippen molar-refractivity contribution in [3.8, 4) is 11.1 Å². The summed E-state index contributed by atoms with van der Waals surface area (Å²) in [7, 11) is 0. The summed E-state index contributed by atoms with van der Waals surface area (Å²) in [5.41, 5.74) is 4.72. The van der Waals surface area contributed by atoms with Crippen molar-refractivity contribution in [1.29, 1.82) is 0 Å². The van der Waals surface area contributed by atoms with Gasteiger partial charge in [-0.3, -0.25) is 0 Å². The quantitative estimate of drug-likeness (QED) is 0.841. The van der Waals surface area contributed by atoms with E-state index in [1.165, 1.54) is 16.7 Å². The van der Waals surface area contributed by atoms with Crippen LogP contribution in [-0.4, -0.2) is 6.04 Å². The molecule has 1 heteroatoms. The molecule has 0 aliphatic heterocycles. The van der Waals surface area contributed by atoms with Crippen molar-refractivity contribution in [2.75, 3.05) is 0 Å². The zero-order chi connectivity index (χ0) is 15.1. The molecule has 0 saturated heterocycles. The lowest BCUT2D eigenvalue weighted by Crippen LogP contribution is -2.21. The molecule has 3 rings (SSSR count). The number of nitrogens with one attached hydrogen (secondary N) is 1. The topological polar surface area (TPSA) is 12.0 Å². The van der Waals surface area contributed by atoms with Gasteiger partial charge in [0.2, 0.25) is 0 Å². The van der Waals surface area contributed by atoms with Crippen LogP contribution in [0.15, 0.2) is 54.6 Å². The molecule has 1 N–H and O–H groups in total. The average Bonchev–Trinajstić information content (AvgIpc) is 2.88. The zero-order valence-corrected chi connectivity index (χ0v) is 13.5. The largest absolute Gasteiger partial charge is 0.309 e. The highest BCUT2D eigenvalue weighted by Gasteiger charge is 2.64. The van der Waals surface area contributed by atoms with Crippen molar-refractivity contribution in [1.82, 2.24) is 5.32 Å². The van der Waals surface area contributed by atoms with Crippen molar-refractivity contribution in [3.63, 3.8) is 0 Å². The molecule has 0 aromatic heterocycles. The molecule has 2 aromatic rings. The van der Waals surface area contributed by atoms with Crippen LogP contribution in [0.1, 0.15) is 33.3 Å². The molecule has 0 unspecified atom stereocenters. The molecule has 1 aliphatic carbocycles. The van der Waals surface area contributed by atoms with Gasteiger partial charge < -0.3 is 5.32 Å². The van der Waals surface area contributed by atoms with E-state index in [1.807, 2.05) is 0 Å². The van der Waals surface area contributed by atoms with E-state index in [1.54, 1.807) is 0 Å². The maximum Gasteiger partial charge on any atom is 0.0208 e. The van der Waals surface area contributed by atoms with E-state index < -0.39 is 0 Å². The fourth-order valence-corrected chi connectivity index (χ4v) is 3.37. The van der Waals surface area contributed by atoms with Crippen LogP contribution in [0, 0.1) is 10.8 Å². The first-order chi connectivity index (χ1) is 9.93. The molecule has 0 spiro atoms. The Balaban J connectivity index is 1.64. The monoisotopic (exact) mass is 279 g/mol. The van der Waals surface area contributed by atoms with Crippen LogP contribution in [0.4, 0.5) is 0 Å². The molecular weight excluding hydrogens is 254 g/mol. The van der Waals surface area contributed by atoms with Gasteiger partial charge in [0, 0.05) is 12.6 Å². The first-order valence-corrected chi connectivity index (χ1v) is 7.81. The van der Waals surface area contributed by atoms with E-state index in [0.29, 0.717) is 16.9 Å². The lowest BCUT2D eigenvalue weighted by Gasteiger charge is -2.08. The van der Waals surface area contributed by atoms with Crippen molar-refractivity contribution in [2.45, 2.75) is 40.3 Å². The first kappa shape index (κ1) is 14.3.